The molecule has 0 amide bonds. The van der Waals surface area contributed by atoms with Crippen LogP contribution in [-0.2, 0) is 21.7 Å². The Morgan fingerprint density at radius 1 is 0.478 bits per heavy atom. The molecule has 8 nitrogen and oxygen atoms in total. The predicted octanol–water partition coefficient (Wildman–Crippen LogP) is 9.74. The minimum Gasteiger partial charge on any atom is -0.274 e. The van der Waals surface area contributed by atoms with Gasteiger partial charge in [0, 0.05) is 37.2 Å². The van der Waals surface area contributed by atoms with Crippen LogP contribution in [-0.4, -0.2) is 29.9 Å². The first kappa shape index (κ1) is 34.4. The van der Waals surface area contributed by atoms with Crippen LogP contribution in [0.2, 0.25) is 0 Å². The lowest BCUT2D eigenvalue weighted by Crippen LogP contribution is -2.29. The summed E-state index contributed by atoms with van der Waals surface area (Å²) in [5.74, 6) is 4.38. The molecular weight excluding hydrogens is 609 g/mol. The van der Waals surface area contributed by atoms with Gasteiger partial charge in [0.05, 0.1) is 5.69 Å². The van der Waals surface area contributed by atoms with E-state index in [-0.39, 0.29) is 21.7 Å². The van der Waals surface area contributed by atoms with Gasteiger partial charge in [-0.15, -0.1) is 0 Å². The van der Waals surface area contributed by atoms with Crippen molar-refractivity contribution in [2.45, 2.75) is 137 Å². The molecule has 0 radical (unpaired) electrons. The minimum atomic E-state index is -0.260. The molecule has 5 rings (SSSR count). The van der Waals surface area contributed by atoms with Crippen LogP contribution in [0.25, 0.3) is 0 Å². The smallest absolute Gasteiger partial charge is 0.238 e. The fourth-order valence-electron chi connectivity index (χ4n) is 4.85. The second-order valence-corrected chi connectivity index (χ2v) is 18.8. The summed E-state index contributed by atoms with van der Waals surface area (Å²) in [6.45, 7) is 34.5. The number of thioether (sulfide) groups is 2. The highest BCUT2D eigenvalue weighted by Crippen LogP contribution is 2.56. The highest BCUT2D eigenvalue weighted by Gasteiger charge is 2.40. The Bertz CT molecular complexity index is 1720. The Morgan fingerprint density at radius 3 is 1.26 bits per heavy atom. The van der Waals surface area contributed by atoms with Crippen molar-refractivity contribution >= 4 is 41.1 Å². The van der Waals surface area contributed by atoms with Crippen molar-refractivity contribution in [3.05, 3.63) is 67.2 Å². The van der Waals surface area contributed by atoms with Gasteiger partial charge in [0.15, 0.2) is 0 Å². The number of fused-ring (bicyclic) bond motifs is 1. The Balaban J connectivity index is 1.83. The number of rotatable bonds is 2. The summed E-state index contributed by atoms with van der Waals surface area (Å²) in [4.78, 5) is 37.4. The molecule has 4 heterocycles. The largest absolute Gasteiger partial charge is 0.274 e. The van der Waals surface area contributed by atoms with Crippen molar-refractivity contribution < 1.29 is 0 Å². The third-order valence-electron chi connectivity index (χ3n) is 8.04. The van der Waals surface area contributed by atoms with E-state index in [0.29, 0.717) is 11.9 Å². The van der Waals surface area contributed by atoms with Crippen molar-refractivity contribution in [1.29, 1.82) is 0 Å². The van der Waals surface area contributed by atoms with Crippen LogP contribution in [0.3, 0.4) is 0 Å². The van der Waals surface area contributed by atoms with Crippen LogP contribution in [0, 0.1) is 13.8 Å². The molecule has 0 aliphatic carbocycles. The molecule has 0 saturated heterocycles. The molecule has 3 aromatic rings. The van der Waals surface area contributed by atoms with Gasteiger partial charge < -0.3 is 0 Å². The number of aromatic nitrogens is 6. The lowest BCUT2D eigenvalue weighted by molar-refractivity contribution is 0.495. The molecule has 246 valence electrons. The molecule has 0 fully saturated rings. The molecule has 46 heavy (non-hydrogen) atoms. The highest BCUT2D eigenvalue weighted by atomic mass is 32.2. The molecule has 0 bridgehead atoms. The molecule has 2 aliphatic heterocycles. The summed E-state index contributed by atoms with van der Waals surface area (Å²) in [7, 11) is 0. The molecule has 0 spiro atoms. The van der Waals surface area contributed by atoms with Gasteiger partial charge in [0.1, 0.15) is 33.4 Å². The third-order valence-corrected chi connectivity index (χ3v) is 10.5. The van der Waals surface area contributed by atoms with E-state index < -0.39 is 0 Å². The van der Waals surface area contributed by atoms with E-state index in [4.69, 9.17) is 29.9 Å². The van der Waals surface area contributed by atoms with E-state index >= 15 is 0 Å². The second-order valence-electron chi connectivity index (χ2n) is 16.6. The van der Waals surface area contributed by atoms with Crippen LogP contribution < -0.4 is 9.80 Å². The van der Waals surface area contributed by atoms with Crippen molar-refractivity contribution in [2.75, 3.05) is 9.80 Å². The molecule has 0 unspecified atom stereocenters. The van der Waals surface area contributed by atoms with Gasteiger partial charge in [-0.1, -0.05) is 107 Å². The standard InChI is InChI=1S/C36H50N8S2/c1-19-17-23-24(18-20(19)2)46-26(44(23)32-41-29(35(11,12)13)38-30(42-32)36(14,15)16)25-43(21(3)22(4)45-25)31-39-27(33(5,6)7)37-28(40-31)34(8,9)10/h17-18H,1-16H3/b26-25+. The van der Waals surface area contributed by atoms with E-state index in [0.717, 1.165) is 44.7 Å². The number of anilines is 3. The van der Waals surface area contributed by atoms with Gasteiger partial charge in [-0.3, -0.25) is 9.80 Å². The van der Waals surface area contributed by atoms with E-state index in [9.17, 15) is 0 Å². The topological polar surface area (TPSA) is 83.8 Å². The van der Waals surface area contributed by atoms with Gasteiger partial charge in [-0.25, -0.2) is 9.97 Å². The fourth-order valence-corrected chi connectivity index (χ4v) is 7.27. The monoisotopic (exact) mass is 658 g/mol. The number of aryl methyl sites for hydroxylation is 2. The van der Waals surface area contributed by atoms with Crippen LogP contribution in [0.4, 0.5) is 17.6 Å². The molecule has 2 aromatic heterocycles. The highest BCUT2D eigenvalue weighted by molar-refractivity contribution is 8.09. The molecule has 10 heteroatoms. The lowest BCUT2D eigenvalue weighted by Gasteiger charge is -2.29. The first-order valence-corrected chi connectivity index (χ1v) is 17.6. The average molecular weight is 659 g/mol. The molecule has 2 aliphatic rings. The first-order chi connectivity index (χ1) is 21.0. The van der Waals surface area contributed by atoms with Gasteiger partial charge >= 0.3 is 0 Å². The van der Waals surface area contributed by atoms with Crippen LogP contribution in [0.5, 0.6) is 0 Å². The number of hydrogen-bond donors (Lipinski definition) is 0. The van der Waals surface area contributed by atoms with E-state index in [2.05, 4.69) is 133 Å². The van der Waals surface area contributed by atoms with E-state index in [1.54, 1.807) is 23.5 Å². The maximum atomic E-state index is 5.18. The molecule has 0 N–H and O–H groups in total. The van der Waals surface area contributed by atoms with Gasteiger partial charge in [0.25, 0.3) is 0 Å². The van der Waals surface area contributed by atoms with Gasteiger partial charge in [0.2, 0.25) is 11.9 Å². The zero-order valence-corrected chi connectivity index (χ0v) is 32.2. The second kappa shape index (κ2) is 11.3. The molecule has 0 atom stereocenters. The first-order valence-electron chi connectivity index (χ1n) is 16.0. The quantitative estimate of drug-likeness (QED) is 0.265. The van der Waals surface area contributed by atoms with Crippen LogP contribution in [0.15, 0.2) is 37.7 Å². The molecule has 0 saturated carbocycles. The van der Waals surface area contributed by atoms with Crippen molar-refractivity contribution in [3.8, 4) is 0 Å². The van der Waals surface area contributed by atoms with Gasteiger partial charge in [-0.2, -0.15) is 19.9 Å². The van der Waals surface area contributed by atoms with Gasteiger partial charge in [-0.05, 0) is 51.0 Å². The maximum absolute atomic E-state index is 5.18. The maximum Gasteiger partial charge on any atom is 0.238 e. The average Bonchev–Trinajstić information content (AvgIpc) is 3.42. The Kier molecular flexibility index (Phi) is 8.46. The zero-order chi connectivity index (χ0) is 34.3. The Hall–Kier alpha value is -2.98. The number of hydrogen-bond acceptors (Lipinski definition) is 10. The summed E-state index contributed by atoms with van der Waals surface area (Å²) in [6.07, 6.45) is 0. The fraction of sp³-hybridized carbons (Fsp3) is 0.556. The van der Waals surface area contributed by atoms with E-state index in [1.807, 2.05) is 0 Å². The summed E-state index contributed by atoms with van der Waals surface area (Å²) in [5.41, 5.74) is 3.63. The number of nitrogens with zero attached hydrogens (tertiary/aromatic N) is 8. The molecule has 1 aromatic carbocycles. The summed E-state index contributed by atoms with van der Waals surface area (Å²) < 4.78 is 0. The van der Waals surface area contributed by atoms with Crippen molar-refractivity contribution in [2.24, 2.45) is 0 Å². The SMILES string of the molecule is CC1=C(C)N(c2nc(C(C)(C)C)nc(C(C)(C)C)n2)/C(=C2\Sc3cc(C)c(C)cc3N2c2nc(C(C)(C)C)nc(C(C)(C)C)n2)S1. The molecular formula is C36H50N8S2. The van der Waals surface area contributed by atoms with Crippen LogP contribution >= 0.6 is 23.5 Å². The van der Waals surface area contributed by atoms with Crippen molar-refractivity contribution in [1.82, 2.24) is 29.9 Å². The summed E-state index contributed by atoms with van der Waals surface area (Å²) >= 11 is 3.50. The number of allylic oxidation sites excluding steroid dienone is 2. The minimum absolute atomic E-state index is 0.248. The van der Waals surface area contributed by atoms with E-state index in [1.165, 1.54) is 20.9 Å². The Morgan fingerprint density at radius 2 is 0.848 bits per heavy atom. The summed E-state index contributed by atoms with van der Waals surface area (Å²) in [6, 6.07) is 4.54. The normalized spacial score (nSPS) is 17.8. The van der Waals surface area contributed by atoms with Crippen LogP contribution in [0.1, 0.15) is 131 Å². The lowest BCUT2D eigenvalue weighted by atomic mass is 9.93. The zero-order valence-electron chi connectivity index (χ0n) is 30.5. The van der Waals surface area contributed by atoms with Crippen molar-refractivity contribution in [3.63, 3.8) is 0 Å². The Labute approximate surface area is 284 Å². The summed E-state index contributed by atoms with van der Waals surface area (Å²) in [5, 5.41) is 2.06. The third kappa shape index (κ3) is 6.44. The number of benzene rings is 1. The predicted molar refractivity (Wildman–Crippen MR) is 194 cm³/mol.